The molecule has 3 amide bonds. The number of rotatable bonds is 4. The van der Waals surface area contributed by atoms with Gasteiger partial charge in [0.1, 0.15) is 6.04 Å². The monoisotopic (exact) mass is 395 g/mol. The van der Waals surface area contributed by atoms with Gasteiger partial charge in [-0.1, -0.05) is 30.3 Å². The third-order valence-corrected chi connectivity index (χ3v) is 5.18. The zero-order chi connectivity index (χ0) is 21.0. The van der Waals surface area contributed by atoms with Gasteiger partial charge in [0.05, 0.1) is 13.7 Å². The zero-order valence-corrected chi connectivity index (χ0v) is 16.8. The fourth-order valence-corrected chi connectivity index (χ4v) is 3.44. The number of amides is 3. The van der Waals surface area contributed by atoms with Gasteiger partial charge in [-0.25, -0.2) is 4.79 Å². The maximum atomic E-state index is 12.4. The van der Waals surface area contributed by atoms with Crippen LogP contribution in [-0.2, 0) is 27.3 Å². The van der Waals surface area contributed by atoms with E-state index in [0.717, 1.165) is 22.3 Å². The number of carbonyl (C=O) groups is 3. The van der Waals surface area contributed by atoms with E-state index in [-0.39, 0.29) is 6.54 Å². The Kier molecular flexibility index (Phi) is 6.29. The molecular formula is C22H25N3O4. The number of fused-ring (bicyclic) bond motifs is 1. The molecular weight excluding hydrogens is 370 g/mol. The van der Waals surface area contributed by atoms with Gasteiger partial charge in [0.25, 0.3) is 0 Å². The highest BCUT2D eigenvalue weighted by Crippen LogP contribution is 2.23. The molecule has 152 valence electrons. The molecule has 0 fully saturated rings. The van der Waals surface area contributed by atoms with E-state index in [9.17, 15) is 14.4 Å². The van der Waals surface area contributed by atoms with E-state index in [2.05, 4.69) is 10.6 Å². The van der Waals surface area contributed by atoms with Gasteiger partial charge in [-0.15, -0.1) is 0 Å². The van der Waals surface area contributed by atoms with E-state index in [1.54, 1.807) is 11.0 Å². The van der Waals surface area contributed by atoms with Gasteiger partial charge in [0.15, 0.2) is 0 Å². The minimum atomic E-state index is -0.606. The summed E-state index contributed by atoms with van der Waals surface area (Å²) in [6.45, 7) is 4.28. The number of nitrogens with zero attached hydrogens (tertiary/aromatic N) is 1. The molecule has 0 radical (unpaired) electrons. The highest BCUT2D eigenvalue weighted by Gasteiger charge is 2.33. The molecule has 0 aromatic heterocycles. The van der Waals surface area contributed by atoms with Gasteiger partial charge in [-0.3, -0.25) is 19.8 Å². The average molecular weight is 395 g/mol. The largest absolute Gasteiger partial charge is 0.468 e. The second kappa shape index (κ2) is 8.87. The number of ether oxygens (including phenoxy) is 1. The number of methoxy groups -OCH3 is 1. The molecule has 0 aliphatic carbocycles. The summed E-state index contributed by atoms with van der Waals surface area (Å²) >= 11 is 0. The summed E-state index contributed by atoms with van der Waals surface area (Å²) in [5.74, 6) is -0.883. The summed E-state index contributed by atoms with van der Waals surface area (Å²) in [5.41, 5.74) is 4.89. The minimum Gasteiger partial charge on any atom is -0.468 e. The van der Waals surface area contributed by atoms with Crippen molar-refractivity contribution in [2.24, 2.45) is 0 Å². The Morgan fingerprint density at radius 3 is 2.48 bits per heavy atom. The summed E-state index contributed by atoms with van der Waals surface area (Å²) in [7, 11) is 1.33. The van der Waals surface area contributed by atoms with Gasteiger partial charge in [-0.2, -0.15) is 0 Å². The number of imide groups is 1. The van der Waals surface area contributed by atoms with Gasteiger partial charge in [0.2, 0.25) is 5.91 Å². The SMILES string of the molecule is COC(=O)[C@H]1Cc2ccccc2CN1CC(=O)NC(=O)Nc1ccc(C)c(C)c1. The van der Waals surface area contributed by atoms with Crippen molar-refractivity contribution < 1.29 is 19.1 Å². The fourth-order valence-electron chi connectivity index (χ4n) is 3.44. The topological polar surface area (TPSA) is 87.7 Å². The van der Waals surface area contributed by atoms with Crippen molar-refractivity contribution in [1.82, 2.24) is 10.2 Å². The van der Waals surface area contributed by atoms with Crippen LogP contribution in [0.1, 0.15) is 22.3 Å². The number of anilines is 1. The smallest absolute Gasteiger partial charge is 0.325 e. The first-order valence-corrected chi connectivity index (χ1v) is 9.44. The Labute approximate surface area is 170 Å². The molecule has 29 heavy (non-hydrogen) atoms. The molecule has 2 aromatic carbocycles. The summed E-state index contributed by atoms with van der Waals surface area (Å²) in [6.07, 6.45) is 0.463. The quantitative estimate of drug-likeness (QED) is 0.777. The molecule has 0 bridgehead atoms. The maximum Gasteiger partial charge on any atom is 0.325 e. The molecule has 0 saturated heterocycles. The molecule has 0 unspecified atom stereocenters. The first-order chi connectivity index (χ1) is 13.9. The van der Waals surface area contributed by atoms with Gasteiger partial charge < -0.3 is 10.1 Å². The van der Waals surface area contributed by atoms with E-state index in [1.807, 2.05) is 50.2 Å². The maximum absolute atomic E-state index is 12.4. The lowest BCUT2D eigenvalue weighted by atomic mass is 9.94. The van der Waals surface area contributed by atoms with Crippen molar-refractivity contribution in [3.63, 3.8) is 0 Å². The van der Waals surface area contributed by atoms with Crippen molar-refractivity contribution in [2.45, 2.75) is 32.9 Å². The Morgan fingerprint density at radius 1 is 1.07 bits per heavy atom. The van der Waals surface area contributed by atoms with Crippen LogP contribution in [0.3, 0.4) is 0 Å². The molecule has 1 aliphatic heterocycles. The molecule has 0 saturated carbocycles. The lowest BCUT2D eigenvalue weighted by Crippen LogP contribution is -2.51. The number of nitrogens with one attached hydrogen (secondary N) is 2. The summed E-state index contributed by atoms with van der Waals surface area (Å²) < 4.78 is 4.91. The van der Waals surface area contributed by atoms with Crippen LogP contribution >= 0.6 is 0 Å². The standard InChI is InChI=1S/C22H25N3O4/c1-14-8-9-18(10-15(14)2)23-22(28)24-20(26)13-25-12-17-7-5-4-6-16(17)11-19(25)21(27)29-3/h4-10,19H,11-13H2,1-3H3,(H2,23,24,26,28)/t19-/m1/s1. The summed E-state index contributed by atoms with van der Waals surface area (Å²) in [4.78, 5) is 38.6. The van der Waals surface area contributed by atoms with Crippen LogP contribution in [0.2, 0.25) is 0 Å². The van der Waals surface area contributed by atoms with Crippen molar-refractivity contribution in [3.05, 3.63) is 64.7 Å². The minimum absolute atomic E-state index is 0.0888. The van der Waals surface area contributed by atoms with E-state index < -0.39 is 23.9 Å². The highest BCUT2D eigenvalue weighted by molar-refractivity contribution is 6.02. The van der Waals surface area contributed by atoms with Gasteiger partial charge >= 0.3 is 12.0 Å². The van der Waals surface area contributed by atoms with Crippen LogP contribution in [0.5, 0.6) is 0 Å². The Balaban J connectivity index is 1.64. The lowest BCUT2D eigenvalue weighted by molar-refractivity contribution is -0.148. The van der Waals surface area contributed by atoms with Crippen LogP contribution in [0.15, 0.2) is 42.5 Å². The molecule has 2 aromatic rings. The van der Waals surface area contributed by atoms with Gasteiger partial charge in [-0.05, 0) is 54.7 Å². The molecule has 1 heterocycles. The number of benzene rings is 2. The van der Waals surface area contributed by atoms with Crippen LogP contribution in [0.4, 0.5) is 10.5 Å². The summed E-state index contributed by atoms with van der Waals surface area (Å²) in [6, 6.07) is 12.1. The van der Waals surface area contributed by atoms with Crippen LogP contribution < -0.4 is 10.6 Å². The molecule has 0 spiro atoms. The fraction of sp³-hybridized carbons (Fsp3) is 0.318. The van der Waals surface area contributed by atoms with E-state index in [4.69, 9.17) is 4.74 Å². The highest BCUT2D eigenvalue weighted by atomic mass is 16.5. The number of hydrogen-bond acceptors (Lipinski definition) is 5. The number of esters is 1. The predicted octanol–water partition coefficient (Wildman–Crippen LogP) is 2.55. The van der Waals surface area contributed by atoms with Crippen LogP contribution in [0.25, 0.3) is 0 Å². The van der Waals surface area contributed by atoms with Crippen LogP contribution in [0, 0.1) is 13.8 Å². The third-order valence-electron chi connectivity index (χ3n) is 5.18. The van der Waals surface area contributed by atoms with Gasteiger partial charge in [0, 0.05) is 12.2 Å². The molecule has 7 heteroatoms. The van der Waals surface area contributed by atoms with E-state index >= 15 is 0 Å². The van der Waals surface area contributed by atoms with Crippen molar-refractivity contribution in [1.29, 1.82) is 0 Å². The van der Waals surface area contributed by atoms with Crippen molar-refractivity contribution in [2.75, 3.05) is 19.0 Å². The average Bonchev–Trinajstić information content (AvgIpc) is 2.69. The first-order valence-electron chi connectivity index (χ1n) is 9.44. The Bertz CT molecular complexity index is 941. The Hall–Kier alpha value is -3.19. The second-order valence-corrected chi connectivity index (χ2v) is 7.22. The van der Waals surface area contributed by atoms with E-state index in [1.165, 1.54) is 7.11 Å². The molecule has 1 aliphatic rings. The zero-order valence-electron chi connectivity index (χ0n) is 16.8. The first kappa shape index (κ1) is 20.5. The second-order valence-electron chi connectivity index (χ2n) is 7.22. The number of hydrogen-bond donors (Lipinski definition) is 2. The van der Waals surface area contributed by atoms with Crippen molar-refractivity contribution >= 4 is 23.6 Å². The Morgan fingerprint density at radius 2 is 1.79 bits per heavy atom. The molecule has 2 N–H and O–H groups in total. The number of aryl methyl sites for hydroxylation is 2. The number of carbonyl (C=O) groups excluding carboxylic acids is 3. The van der Waals surface area contributed by atoms with E-state index in [0.29, 0.717) is 18.7 Å². The molecule has 1 atom stereocenters. The number of urea groups is 1. The van der Waals surface area contributed by atoms with Crippen molar-refractivity contribution in [3.8, 4) is 0 Å². The third kappa shape index (κ3) is 5.00. The molecule has 3 rings (SSSR count). The predicted molar refractivity (Wildman–Crippen MR) is 109 cm³/mol. The summed E-state index contributed by atoms with van der Waals surface area (Å²) in [5, 5.41) is 4.99. The lowest BCUT2D eigenvalue weighted by Gasteiger charge is -2.34. The van der Waals surface area contributed by atoms with Crippen LogP contribution in [-0.4, -0.2) is 42.5 Å². The normalized spacial score (nSPS) is 15.9. The molecule has 7 nitrogen and oxygen atoms in total.